The van der Waals surface area contributed by atoms with Crippen molar-refractivity contribution in [1.82, 2.24) is 14.8 Å². The molecule has 0 fully saturated rings. The molecular weight excluding hydrogens is 312 g/mol. The van der Waals surface area contributed by atoms with Crippen molar-refractivity contribution in [1.29, 1.82) is 0 Å². The van der Waals surface area contributed by atoms with E-state index in [2.05, 4.69) is 36.0 Å². The molecule has 0 unspecified atom stereocenters. The van der Waals surface area contributed by atoms with E-state index in [1.54, 1.807) is 0 Å². The van der Waals surface area contributed by atoms with Crippen molar-refractivity contribution in [3.8, 4) is 0 Å². The highest BCUT2D eigenvalue weighted by atomic mass is 35.5. The van der Waals surface area contributed by atoms with Gasteiger partial charge in [0.2, 0.25) is 0 Å². The van der Waals surface area contributed by atoms with Gasteiger partial charge in [-0.3, -0.25) is 4.99 Å². The summed E-state index contributed by atoms with van der Waals surface area (Å²) in [7, 11) is 4.04. The lowest BCUT2D eigenvalue weighted by molar-refractivity contribution is 0.109. The quantitative estimate of drug-likeness (QED) is 0.426. The van der Waals surface area contributed by atoms with E-state index in [1.165, 1.54) is 0 Å². The minimum absolute atomic E-state index is 0.582. The lowest BCUT2D eigenvalue weighted by Crippen LogP contribution is -2.39. The lowest BCUT2D eigenvalue weighted by atomic mass is 10.2. The van der Waals surface area contributed by atoms with Crippen LogP contribution in [-0.2, 0) is 18.3 Å². The van der Waals surface area contributed by atoms with E-state index in [4.69, 9.17) is 16.3 Å². The van der Waals surface area contributed by atoms with Gasteiger partial charge in [0, 0.05) is 52.3 Å². The zero-order chi connectivity index (χ0) is 17.2. The zero-order valence-corrected chi connectivity index (χ0v) is 15.9. The van der Waals surface area contributed by atoms with Crippen molar-refractivity contribution >= 4 is 17.6 Å². The minimum atomic E-state index is 0.582. The van der Waals surface area contributed by atoms with Crippen LogP contribution in [0, 0.1) is 5.92 Å². The Bertz CT molecular complexity index is 485. The number of nitrogens with one attached hydrogen (secondary N) is 1. The van der Waals surface area contributed by atoms with Crippen LogP contribution in [0.15, 0.2) is 17.3 Å². The molecule has 0 atom stereocenters. The van der Waals surface area contributed by atoms with Gasteiger partial charge in [-0.1, -0.05) is 25.4 Å². The highest BCUT2D eigenvalue weighted by molar-refractivity contribution is 6.30. The average molecular weight is 343 g/mol. The fourth-order valence-electron chi connectivity index (χ4n) is 2.18. The van der Waals surface area contributed by atoms with Gasteiger partial charge in [-0.25, -0.2) is 0 Å². The van der Waals surface area contributed by atoms with E-state index < -0.39 is 0 Å². The number of aryl methyl sites for hydroxylation is 1. The SMILES string of the molecule is CCNC(=NCCCOCC(C)C)N(C)Cc1cc(Cl)cn1C. The molecule has 0 saturated carbocycles. The molecule has 5 nitrogen and oxygen atoms in total. The van der Waals surface area contributed by atoms with Gasteiger partial charge >= 0.3 is 0 Å². The van der Waals surface area contributed by atoms with E-state index in [-0.39, 0.29) is 0 Å². The molecule has 1 heterocycles. The van der Waals surface area contributed by atoms with Crippen molar-refractivity contribution < 1.29 is 4.74 Å². The third-order valence-corrected chi connectivity index (χ3v) is 3.54. The molecule has 0 amide bonds. The van der Waals surface area contributed by atoms with E-state index >= 15 is 0 Å². The molecule has 1 aromatic heterocycles. The second-order valence-corrected chi connectivity index (χ2v) is 6.61. The number of hydrogen-bond donors (Lipinski definition) is 1. The summed E-state index contributed by atoms with van der Waals surface area (Å²) >= 11 is 6.05. The van der Waals surface area contributed by atoms with Crippen molar-refractivity contribution in [2.75, 3.05) is 33.4 Å². The van der Waals surface area contributed by atoms with E-state index in [0.717, 1.165) is 55.9 Å². The maximum atomic E-state index is 6.05. The number of aliphatic imine (C=N–C) groups is 1. The summed E-state index contributed by atoms with van der Waals surface area (Å²) in [5.41, 5.74) is 1.16. The first-order chi connectivity index (χ1) is 10.9. The van der Waals surface area contributed by atoms with Crippen LogP contribution in [-0.4, -0.2) is 48.8 Å². The van der Waals surface area contributed by atoms with Crippen LogP contribution in [0.4, 0.5) is 0 Å². The Morgan fingerprint density at radius 1 is 1.48 bits per heavy atom. The van der Waals surface area contributed by atoms with Crippen LogP contribution >= 0.6 is 11.6 Å². The van der Waals surface area contributed by atoms with Crippen LogP contribution in [0.5, 0.6) is 0 Å². The molecule has 0 aromatic carbocycles. The summed E-state index contributed by atoms with van der Waals surface area (Å²) < 4.78 is 7.63. The average Bonchev–Trinajstić information content (AvgIpc) is 2.78. The van der Waals surface area contributed by atoms with Gasteiger partial charge in [0.25, 0.3) is 0 Å². The summed E-state index contributed by atoms with van der Waals surface area (Å²) in [6, 6.07) is 1.99. The maximum absolute atomic E-state index is 6.05. The van der Waals surface area contributed by atoms with Gasteiger partial charge in [-0.2, -0.15) is 0 Å². The lowest BCUT2D eigenvalue weighted by Gasteiger charge is -2.22. The van der Waals surface area contributed by atoms with Gasteiger partial charge in [0.05, 0.1) is 11.6 Å². The van der Waals surface area contributed by atoms with Crippen molar-refractivity contribution in [3.05, 3.63) is 23.0 Å². The molecule has 132 valence electrons. The van der Waals surface area contributed by atoms with Gasteiger partial charge < -0.3 is 19.5 Å². The Morgan fingerprint density at radius 2 is 2.22 bits per heavy atom. The number of aromatic nitrogens is 1. The Kier molecular flexibility index (Phi) is 9.10. The molecule has 0 spiro atoms. The number of halogens is 1. The minimum Gasteiger partial charge on any atom is -0.381 e. The smallest absolute Gasteiger partial charge is 0.194 e. The Hall–Kier alpha value is -1.20. The topological polar surface area (TPSA) is 41.8 Å². The standard InChI is InChI=1S/C17H31ClN4O/c1-6-19-17(20-8-7-9-23-13-14(2)3)22(5)12-16-10-15(18)11-21(16)4/h10-11,14H,6-9,12-13H2,1-5H3,(H,19,20). The van der Waals surface area contributed by atoms with Crippen LogP contribution in [0.25, 0.3) is 0 Å². The summed E-state index contributed by atoms with van der Waals surface area (Å²) in [6.07, 6.45) is 2.85. The molecule has 0 aliphatic carbocycles. The third kappa shape index (κ3) is 7.75. The zero-order valence-electron chi connectivity index (χ0n) is 15.1. The van der Waals surface area contributed by atoms with Gasteiger partial charge in [0.1, 0.15) is 0 Å². The Morgan fingerprint density at radius 3 is 2.78 bits per heavy atom. The first kappa shape index (κ1) is 19.8. The fraction of sp³-hybridized carbons (Fsp3) is 0.706. The maximum Gasteiger partial charge on any atom is 0.194 e. The van der Waals surface area contributed by atoms with Crippen LogP contribution in [0.3, 0.4) is 0 Å². The molecule has 1 rings (SSSR count). The third-order valence-electron chi connectivity index (χ3n) is 3.33. The Labute approximate surface area is 145 Å². The highest BCUT2D eigenvalue weighted by Crippen LogP contribution is 2.14. The summed E-state index contributed by atoms with van der Waals surface area (Å²) in [5, 5.41) is 4.09. The van der Waals surface area contributed by atoms with Crippen LogP contribution < -0.4 is 5.32 Å². The van der Waals surface area contributed by atoms with Gasteiger partial charge in [-0.05, 0) is 25.3 Å². The first-order valence-corrected chi connectivity index (χ1v) is 8.69. The highest BCUT2D eigenvalue weighted by Gasteiger charge is 2.09. The summed E-state index contributed by atoms with van der Waals surface area (Å²) in [4.78, 5) is 6.79. The largest absolute Gasteiger partial charge is 0.381 e. The predicted octanol–water partition coefficient (Wildman–Crippen LogP) is 3.14. The second kappa shape index (κ2) is 10.6. The van der Waals surface area contributed by atoms with Gasteiger partial charge in [-0.15, -0.1) is 0 Å². The number of ether oxygens (including phenoxy) is 1. The molecule has 0 bridgehead atoms. The summed E-state index contributed by atoms with van der Waals surface area (Å²) in [6.45, 7) is 10.3. The number of hydrogen-bond acceptors (Lipinski definition) is 2. The molecular formula is C17H31ClN4O. The van der Waals surface area contributed by atoms with Crippen molar-refractivity contribution in [2.24, 2.45) is 18.0 Å². The number of guanidine groups is 1. The summed E-state index contributed by atoms with van der Waals surface area (Å²) in [5.74, 6) is 1.49. The molecule has 0 radical (unpaired) electrons. The van der Waals surface area contributed by atoms with Crippen LogP contribution in [0.2, 0.25) is 5.02 Å². The molecule has 1 N–H and O–H groups in total. The fourth-order valence-corrected chi connectivity index (χ4v) is 2.45. The van der Waals surface area contributed by atoms with Crippen LogP contribution in [0.1, 0.15) is 32.9 Å². The van der Waals surface area contributed by atoms with E-state index in [9.17, 15) is 0 Å². The number of rotatable bonds is 9. The monoisotopic (exact) mass is 342 g/mol. The van der Waals surface area contributed by atoms with Gasteiger partial charge in [0.15, 0.2) is 5.96 Å². The molecule has 1 aromatic rings. The van der Waals surface area contributed by atoms with Crippen molar-refractivity contribution in [3.63, 3.8) is 0 Å². The molecule has 0 aliphatic heterocycles. The first-order valence-electron chi connectivity index (χ1n) is 8.32. The number of nitrogens with zero attached hydrogens (tertiary/aromatic N) is 3. The van der Waals surface area contributed by atoms with E-state index in [1.807, 2.05) is 30.9 Å². The molecule has 0 aliphatic rings. The molecule has 0 saturated heterocycles. The normalized spacial score (nSPS) is 12.0. The molecule has 6 heteroatoms. The Balaban J connectivity index is 2.48. The van der Waals surface area contributed by atoms with E-state index in [0.29, 0.717) is 5.92 Å². The second-order valence-electron chi connectivity index (χ2n) is 6.17. The van der Waals surface area contributed by atoms with Crippen molar-refractivity contribution in [2.45, 2.75) is 33.7 Å². The molecule has 23 heavy (non-hydrogen) atoms. The predicted molar refractivity (Wildman–Crippen MR) is 98.1 cm³/mol.